The molecule has 12 heavy (non-hydrogen) atoms. The highest BCUT2D eigenvalue weighted by Gasteiger charge is 2.09. The number of terminal acetylenes is 1. The highest BCUT2D eigenvalue weighted by Crippen LogP contribution is 2.21. The molecule has 0 amide bonds. The Morgan fingerprint density at radius 2 is 2.17 bits per heavy atom. The number of hydrogen-bond acceptors (Lipinski definition) is 0. The van der Waals surface area contributed by atoms with Crippen LogP contribution in [-0.2, 0) is 0 Å². The fourth-order valence-corrected chi connectivity index (χ4v) is 1.28. The summed E-state index contributed by atoms with van der Waals surface area (Å²) in [5, 5.41) is 0. The molecule has 0 fully saturated rings. The van der Waals surface area contributed by atoms with Crippen molar-refractivity contribution >= 4 is 0 Å². The van der Waals surface area contributed by atoms with E-state index in [0.29, 0.717) is 5.56 Å². The van der Waals surface area contributed by atoms with Crippen LogP contribution in [0.1, 0.15) is 24.0 Å². The molecule has 0 saturated heterocycles. The maximum absolute atomic E-state index is 13.2. The average molecular weight is 162 g/mol. The lowest BCUT2D eigenvalue weighted by Crippen LogP contribution is -1.97. The molecule has 1 heteroatoms. The van der Waals surface area contributed by atoms with Crippen LogP contribution in [0.25, 0.3) is 0 Å². The van der Waals surface area contributed by atoms with Gasteiger partial charge in [0.1, 0.15) is 5.82 Å². The summed E-state index contributed by atoms with van der Waals surface area (Å²) >= 11 is 0. The van der Waals surface area contributed by atoms with Crippen molar-refractivity contribution in [1.29, 1.82) is 0 Å². The number of halogens is 1. The standard InChI is InChI=1S/C11H11F/c1-4-8(2)11-9(3)6-5-7-10(11)12/h1,5-8H,2-3H3. The molecular weight excluding hydrogens is 151 g/mol. The molecule has 0 bridgehead atoms. The fourth-order valence-electron chi connectivity index (χ4n) is 1.28. The molecule has 0 heterocycles. The summed E-state index contributed by atoms with van der Waals surface area (Å²) in [5.74, 6) is 2.17. The van der Waals surface area contributed by atoms with E-state index in [1.54, 1.807) is 6.07 Å². The Morgan fingerprint density at radius 1 is 1.50 bits per heavy atom. The van der Waals surface area contributed by atoms with E-state index in [1.165, 1.54) is 6.07 Å². The summed E-state index contributed by atoms with van der Waals surface area (Å²) < 4.78 is 13.2. The minimum atomic E-state index is -0.208. The zero-order valence-electron chi connectivity index (χ0n) is 7.26. The molecular formula is C11H11F. The lowest BCUT2D eigenvalue weighted by atomic mass is 9.97. The second kappa shape index (κ2) is 3.40. The van der Waals surface area contributed by atoms with Gasteiger partial charge in [0, 0.05) is 11.5 Å². The molecule has 0 spiro atoms. The molecule has 1 rings (SSSR count). The van der Waals surface area contributed by atoms with E-state index in [2.05, 4.69) is 5.92 Å². The minimum absolute atomic E-state index is 0.147. The third-order valence-corrected chi connectivity index (χ3v) is 1.95. The molecule has 1 atom stereocenters. The average Bonchev–Trinajstić information content (AvgIpc) is 2.03. The summed E-state index contributed by atoms with van der Waals surface area (Å²) in [5.41, 5.74) is 1.56. The molecule has 0 aromatic heterocycles. The Hall–Kier alpha value is -1.29. The zero-order chi connectivity index (χ0) is 9.14. The first-order chi connectivity index (χ1) is 5.66. The van der Waals surface area contributed by atoms with Crippen molar-refractivity contribution < 1.29 is 4.39 Å². The highest BCUT2D eigenvalue weighted by atomic mass is 19.1. The number of rotatable bonds is 1. The van der Waals surface area contributed by atoms with E-state index in [-0.39, 0.29) is 11.7 Å². The molecule has 0 nitrogen and oxygen atoms in total. The van der Waals surface area contributed by atoms with Gasteiger partial charge >= 0.3 is 0 Å². The van der Waals surface area contributed by atoms with E-state index in [1.807, 2.05) is 19.9 Å². The molecule has 62 valence electrons. The van der Waals surface area contributed by atoms with E-state index in [9.17, 15) is 4.39 Å². The van der Waals surface area contributed by atoms with Crippen molar-refractivity contribution in [3.05, 3.63) is 35.1 Å². The molecule has 0 aliphatic carbocycles. The lowest BCUT2D eigenvalue weighted by Gasteiger charge is -2.09. The van der Waals surface area contributed by atoms with Gasteiger partial charge in [-0.3, -0.25) is 0 Å². The predicted octanol–water partition coefficient (Wildman–Crippen LogP) is 2.87. The van der Waals surface area contributed by atoms with Gasteiger partial charge in [-0.25, -0.2) is 4.39 Å². The molecule has 0 saturated carbocycles. The van der Waals surface area contributed by atoms with Crippen LogP contribution in [0, 0.1) is 25.1 Å². The molecule has 1 aromatic rings. The molecule has 1 unspecified atom stereocenters. The number of aryl methyl sites for hydroxylation is 1. The highest BCUT2D eigenvalue weighted by molar-refractivity contribution is 5.34. The van der Waals surface area contributed by atoms with Crippen LogP contribution in [0.5, 0.6) is 0 Å². The first-order valence-electron chi connectivity index (χ1n) is 3.88. The number of hydrogen-bond donors (Lipinski definition) is 0. The minimum Gasteiger partial charge on any atom is -0.207 e. The Balaban J connectivity index is 3.23. The fraction of sp³-hybridized carbons (Fsp3) is 0.273. The monoisotopic (exact) mass is 162 g/mol. The topological polar surface area (TPSA) is 0 Å². The Labute approximate surface area is 72.4 Å². The first-order valence-corrected chi connectivity index (χ1v) is 3.88. The van der Waals surface area contributed by atoms with Gasteiger partial charge in [-0.2, -0.15) is 0 Å². The van der Waals surface area contributed by atoms with Crippen molar-refractivity contribution in [1.82, 2.24) is 0 Å². The molecule has 1 aromatic carbocycles. The van der Waals surface area contributed by atoms with Gasteiger partial charge in [-0.05, 0) is 25.5 Å². The summed E-state index contributed by atoms with van der Waals surface area (Å²) in [4.78, 5) is 0. The second-order valence-electron chi connectivity index (χ2n) is 2.86. The summed E-state index contributed by atoms with van der Waals surface area (Å²) in [6, 6.07) is 5.00. The smallest absolute Gasteiger partial charge is 0.127 e. The maximum Gasteiger partial charge on any atom is 0.127 e. The van der Waals surface area contributed by atoms with Crippen molar-refractivity contribution in [2.24, 2.45) is 0 Å². The third kappa shape index (κ3) is 1.48. The van der Waals surface area contributed by atoms with Gasteiger partial charge in [-0.15, -0.1) is 6.42 Å². The zero-order valence-corrected chi connectivity index (χ0v) is 7.26. The molecule has 0 N–H and O–H groups in total. The maximum atomic E-state index is 13.2. The first kappa shape index (κ1) is 8.80. The quantitative estimate of drug-likeness (QED) is 0.557. The summed E-state index contributed by atoms with van der Waals surface area (Å²) in [6.07, 6.45) is 5.23. The van der Waals surface area contributed by atoms with Crippen LogP contribution in [0.15, 0.2) is 18.2 Å². The Morgan fingerprint density at radius 3 is 2.67 bits per heavy atom. The van der Waals surface area contributed by atoms with Crippen LogP contribution in [0.3, 0.4) is 0 Å². The Kier molecular flexibility index (Phi) is 2.50. The van der Waals surface area contributed by atoms with E-state index in [0.717, 1.165) is 5.56 Å². The summed E-state index contributed by atoms with van der Waals surface area (Å²) in [6.45, 7) is 3.69. The second-order valence-corrected chi connectivity index (χ2v) is 2.86. The molecule has 0 aliphatic rings. The molecule has 0 radical (unpaired) electrons. The van der Waals surface area contributed by atoms with Crippen molar-refractivity contribution in [3.8, 4) is 12.3 Å². The van der Waals surface area contributed by atoms with Crippen molar-refractivity contribution in [3.63, 3.8) is 0 Å². The normalized spacial score (nSPS) is 12.2. The predicted molar refractivity (Wildman–Crippen MR) is 48.4 cm³/mol. The van der Waals surface area contributed by atoms with Crippen LogP contribution >= 0.6 is 0 Å². The molecule has 0 aliphatic heterocycles. The van der Waals surface area contributed by atoms with Crippen molar-refractivity contribution in [2.45, 2.75) is 19.8 Å². The van der Waals surface area contributed by atoms with Crippen molar-refractivity contribution in [2.75, 3.05) is 0 Å². The largest absolute Gasteiger partial charge is 0.207 e. The lowest BCUT2D eigenvalue weighted by molar-refractivity contribution is 0.605. The number of benzene rings is 1. The van der Waals surface area contributed by atoms with Gasteiger partial charge in [0.05, 0.1) is 0 Å². The van der Waals surface area contributed by atoms with E-state index in [4.69, 9.17) is 6.42 Å². The van der Waals surface area contributed by atoms with Crippen LogP contribution in [0.4, 0.5) is 4.39 Å². The van der Waals surface area contributed by atoms with Gasteiger partial charge < -0.3 is 0 Å². The van der Waals surface area contributed by atoms with Crippen LogP contribution < -0.4 is 0 Å². The van der Waals surface area contributed by atoms with Gasteiger partial charge in [0.2, 0.25) is 0 Å². The van der Waals surface area contributed by atoms with Gasteiger partial charge in [0.25, 0.3) is 0 Å². The Bertz CT molecular complexity index is 300. The summed E-state index contributed by atoms with van der Waals surface area (Å²) in [7, 11) is 0. The van der Waals surface area contributed by atoms with Crippen LogP contribution in [0.2, 0.25) is 0 Å². The SMILES string of the molecule is C#CC(C)c1c(C)cccc1F. The van der Waals surface area contributed by atoms with Crippen LogP contribution in [-0.4, -0.2) is 0 Å². The third-order valence-electron chi connectivity index (χ3n) is 1.95. The van der Waals surface area contributed by atoms with Gasteiger partial charge in [-0.1, -0.05) is 18.1 Å². The van der Waals surface area contributed by atoms with E-state index >= 15 is 0 Å². The van der Waals surface area contributed by atoms with E-state index < -0.39 is 0 Å². The van der Waals surface area contributed by atoms with Gasteiger partial charge in [0.15, 0.2) is 0 Å².